The molecule has 6 heteroatoms. The first-order chi connectivity index (χ1) is 12.0. The Hall–Kier alpha value is -2.73. The van der Waals surface area contributed by atoms with Crippen LogP contribution in [-0.4, -0.2) is 24.1 Å². The van der Waals surface area contributed by atoms with E-state index in [0.717, 1.165) is 0 Å². The van der Waals surface area contributed by atoms with Gasteiger partial charge in [0.05, 0.1) is 17.6 Å². The molecular formula is C19H18FNO4. The minimum Gasteiger partial charge on any atom is -0.478 e. The highest BCUT2D eigenvalue weighted by molar-refractivity contribution is 6.02. The molecule has 1 aliphatic carbocycles. The Morgan fingerprint density at radius 1 is 1.24 bits per heavy atom. The minimum atomic E-state index is -1.09. The van der Waals surface area contributed by atoms with Crippen molar-refractivity contribution in [3.63, 3.8) is 0 Å². The van der Waals surface area contributed by atoms with Gasteiger partial charge in [0.25, 0.3) is 0 Å². The van der Waals surface area contributed by atoms with Gasteiger partial charge < -0.3 is 15.2 Å². The number of carboxylic acids is 1. The van der Waals surface area contributed by atoms with Crippen LogP contribution in [0.2, 0.25) is 0 Å². The maximum Gasteiger partial charge on any atom is 0.335 e. The van der Waals surface area contributed by atoms with Crippen LogP contribution >= 0.6 is 0 Å². The number of carbonyl (C=O) groups is 2. The molecule has 1 saturated carbocycles. The number of ether oxygens (including phenoxy) is 1. The molecule has 0 atom stereocenters. The zero-order valence-corrected chi connectivity index (χ0v) is 13.7. The number of rotatable bonds is 6. The molecule has 5 nitrogen and oxygen atoms in total. The van der Waals surface area contributed by atoms with Gasteiger partial charge in [-0.05, 0) is 42.7 Å². The average Bonchev–Trinajstić information content (AvgIpc) is 3.37. The highest BCUT2D eigenvalue weighted by Gasteiger charge is 2.52. The Kier molecular flexibility index (Phi) is 4.55. The molecule has 1 amide bonds. The Bertz CT molecular complexity index is 830. The lowest BCUT2D eigenvalue weighted by atomic mass is 9.94. The second kappa shape index (κ2) is 6.64. The lowest BCUT2D eigenvalue weighted by Gasteiger charge is -2.17. The van der Waals surface area contributed by atoms with Gasteiger partial charge in [-0.1, -0.05) is 18.2 Å². The fourth-order valence-corrected chi connectivity index (χ4v) is 2.98. The number of amides is 1. The Morgan fingerprint density at radius 2 is 1.96 bits per heavy atom. The molecule has 0 spiro atoms. The standard InChI is InChI=1S/C19H18FNO4/c1-25-11-12-8-13(17(22)23)10-14(9-12)21-18(24)19(6-7-19)15-4-2-3-5-16(15)20/h2-5,8-10H,6-7,11H2,1H3,(H,21,24)(H,22,23). The Labute approximate surface area is 144 Å². The van der Waals surface area contributed by atoms with E-state index in [1.807, 2.05) is 0 Å². The first-order valence-electron chi connectivity index (χ1n) is 7.89. The molecule has 0 radical (unpaired) electrons. The van der Waals surface area contributed by atoms with Gasteiger partial charge in [-0.2, -0.15) is 0 Å². The van der Waals surface area contributed by atoms with Gasteiger partial charge in [0.15, 0.2) is 0 Å². The second-order valence-corrected chi connectivity index (χ2v) is 6.17. The number of methoxy groups -OCH3 is 1. The van der Waals surface area contributed by atoms with Gasteiger partial charge in [-0.3, -0.25) is 4.79 Å². The lowest BCUT2D eigenvalue weighted by molar-refractivity contribution is -0.118. The van der Waals surface area contributed by atoms with Crippen molar-refractivity contribution in [3.8, 4) is 0 Å². The quantitative estimate of drug-likeness (QED) is 0.843. The third-order valence-corrected chi connectivity index (χ3v) is 4.38. The van der Waals surface area contributed by atoms with Gasteiger partial charge >= 0.3 is 5.97 Å². The summed E-state index contributed by atoms with van der Waals surface area (Å²) in [6, 6.07) is 10.8. The van der Waals surface area contributed by atoms with E-state index in [-0.39, 0.29) is 18.1 Å². The third kappa shape index (κ3) is 3.39. The van der Waals surface area contributed by atoms with E-state index in [1.165, 1.54) is 25.3 Å². The van der Waals surface area contributed by atoms with Crippen LogP contribution in [0.1, 0.15) is 34.3 Å². The molecule has 1 aliphatic rings. The molecule has 0 bridgehead atoms. The summed E-state index contributed by atoms with van der Waals surface area (Å²) in [5.41, 5.74) is 0.541. The van der Waals surface area contributed by atoms with Crippen molar-refractivity contribution in [2.24, 2.45) is 0 Å². The highest BCUT2D eigenvalue weighted by atomic mass is 19.1. The molecule has 0 unspecified atom stereocenters. The molecule has 25 heavy (non-hydrogen) atoms. The van der Waals surface area contributed by atoms with Crippen LogP contribution in [0, 0.1) is 5.82 Å². The third-order valence-electron chi connectivity index (χ3n) is 4.38. The SMILES string of the molecule is COCc1cc(NC(=O)C2(c3ccccc3F)CC2)cc(C(=O)O)c1. The number of halogens is 1. The smallest absolute Gasteiger partial charge is 0.335 e. The van der Waals surface area contributed by atoms with Crippen LogP contribution in [0.15, 0.2) is 42.5 Å². The number of hydrogen-bond donors (Lipinski definition) is 2. The van der Waals surface area contributed by atoms with E-state index in [2.05, 4.69) is 5.32 Å². The number of aromatic carboxylic acids is 1. The normalized spacial score (nSPS) is 14.8. The molecule has 1 fully saturated rings. The molecule has 2 aromatic carbocycles. The zero-order chi connectivity index (χ0) is 18.0. The zero-order valence-electron chi connectivity index (χ0n) is 13.7. The van der Waals surface area contributed by atoms with Crippen molar-refractivity contribution >= 4 is 17.6 Å². The van der Waals surface area contributed by atoms with E-state index < -0.39 is 17.2 Å². The Balaban J connectivity index is 1.88. The van der Waals surface area contributed by atoms with Crippen LogP contribution in [0.4, 0.5) is 10.1 Å². The number of carbonyl (C=O) groups excluding carboxylic acids is 1. The predicted molar refractivity (Wildman–Crippen MR) is 90.1 cm³/mol. The summed E-state index contributed by atoms with van der Waals surface area (Å²) < 4.78 is 19.1. The highest BCUT2D eigenvalue weighted by Crippen LogP contribution is 2.49. The van der Waals surface area contributed by atoms with Crippen LogP contribution in [0.3, 0.4) is 0 Å². The van der Waals surface area contributed by atoms with E-state index in [0.29, 0.717) is 29.7 Å². The van der Waals surface area contributed by atoms with Gasteiger partial charge in [0.1, 0.15) is 5.82 Å². The van der Waals surface area contributed by atoms with Crippen molar-refractivity contribution in [2.45, 2.75) is 24.9 Å². The first-order valence-corrected chi connectivity index (χ1v) is 7.89. The monoisotopic (exact) mass is 343 g/mol. The number of anilines is 1. The number of nitrogens with one attached hydrogen (secondary N) is 1. The van der Waals surface area contributed by atoms with Gasteiger partial charge in [0.2, 0.25) is 5.91 Å². The fourth-order valence-electron chi connectivity index (χ4n) is 2.98. The Morgan fingerprint density at radius 3 is 2.56 bits per heavy atom. The summed E-state index contributed by atoms with van der Waals surface area (Å²) in [4.78, 5) is 24.0. The van der Waals surface area contributed by atoms with Crippen molar-refractivity contribution in [1.29, 1.82) is 0 Å². The summed E-state index contributed by atoms with van der Waals surface area (Å²) in [6.07, 6.45) is 1.12. The lowest BCUT2D eigenvalue weighted by Crippen LogP contribution is -2.28. The van der Waals surface area contributed by atoms with Crippen LogP contribution < -0.4 is 5.32 Å². The molecule has 0 aliphatic heterocycles. The molecular weight excluding hydrogens is 325 g/mol. The summed E-state index contributed by atoms with van der Waals surface area (Å²) in [6.45, 7) is 0.225. The fraction of sp³-hybridized carbons (Fsp3) is 0.263. The first kappa shape index (κ1) is 17.1. The van der Waals surface area contributed by atoms with E-state index >= 15 is 0 Å². The summed E-state index contributed by atoms with van der Waals surface area (Å²) in [5.74, 6) is -1.83. The molecule has 2 aromatic rings. The maximum atomic E-state index is 14.1. The van der Waals surface area contributed by atoms with Crippen LogP contribution in [0.25, 0.3) is 0 Å². The van der Waals surface area contributed by atoms with Crippen molar-refractivity contribution in [1.82, 2.24) is 0 Å². The van der Waals surface area contributed by atoms with Gasteiger partial charge in [-0.15, -0.1) is 0 Å². The number of carboxylic acid groups (broad SMARTS) is 1. The van der Waals surface area contributed by atoms with E-state index in [4.69, 9.17) is 4.74 Å². The number of hydrogen-bond acceptors (Lipinski definition) is 3. The number of benzene rings is 2. The van der Waals surface area contributed by atoms with Crippen molar-refractivity contribution in [2.75, 3.05) is 12.4 Å². The summed E-state index contributed by atoms with van der Waals surface area (Å²) in [7, 11) is 1.50. The van der Waals surface area contributed by atoms with Crippen molar-refractivity contribution < 1.29 is 23.8 Å². The second-order valence-electron chi connectivity index (χ2n) is 6.17. The van der Waals surface area contributed by atoms with Gasteiger partial charge in [0, 0.05) is 18.4 Å². The minimum absolute atomic E-state index is 0.0561. The van der Waals surface area contributed by atoms with E-state index in [1.54, 1.807) is 24.3 Å². The maximum absolute atomic E-state index is 14.1. The van der Waals surface area contributed by atoms with Crippen LogP contribution in [0.5, 0.6) is 0 Å². The topological polar surface area (TPSA) is 75.6 Å². The van der Waals surface area contributed by atoms with Gasteiger partial charge in [-0.25, -0.2) is 9.18 Å². The molecule has 0 aromatic heterocycles. The van der Waals surface area contributed by atoms with E-state index in [9.17, 15) is 19.1 Å². The summed E-state index contributed by atoms with van der Waals surface area (Å²) >= 11 is 0. The molecule has 0 saturated heterocycles. The molecule has 2 N–H and O–H groups in total. The molecule has 3 rings (SSSR count). The predicted octanol–water partition coefficient (Wildman–Crippen LogP) is 3.34. The van der Waals surface area contributed by atoms with Crippen LogP contribution in [-0.2, 0) is 21.6 Å². The largest absolute Gasteiger partial charge is 0.478 e. The molecule has 130 valence electrons. The average molecular weight is 343 g/mol. The molecule has 0 heterocycles. The summed E-state index contributed by atoms with van der Waals surface area (Å²) in [5, 5.41) is 12.0. The van der Waals surface area contributed by atoms with Crippen molar-refractivity contribution in [3.05, 3.63) is 65.0 Å².